The predicted molar refractivity (Wildman–Crippen MR) is 74.8 cm³/mol. The smallest absolute Gasteiger partial charge is 0.123 e. The van der Waals surface area contributed by atoms with Crippen LogP contribution < -0.4 is 5.32 Å². The van der Waals surface area contributed by atoms with Gasteiger partial charge in [-0.2, -0.15) is 0 Å². The molecule has 1 atom stereocenters. The van der Waals surface area contributed by atoms with Crippen molar-refractivity contribution in [2.45, 2.75) is 33.2 Å². The van der Waals surface area contributed by atoms with Gasteiger partial charge in [0.25, 0.3) is 0 Å². The Morgan fingerprint density at radius 1 is 1.21 bits per heavy atom. The number of nitrogens with one attached hydrogen (secondary N) is 1. The fourth-order valence-corrected chi connectivity index (χ4v) is 2.57. The molecule has 0 radical (unpaired) electrons. The zero-order chi connectivity index (χ0) is 14.0. The Kier molecular flexibility index (Phi) is 4.05. The van der Waals surface area contributed by atoms with Crippen LogP contribution in [0, 0.1) is 26.6 Å². The standard InChI is InChI=1S/C16H20FNO/c1-10-11(2)19-12(3)16(10)15(18-4)9-13-6-5-7-14(17)8-13/h5-8,15,18H,9H2,1-4H3. The summed E-state index contributed by atoms with van der Waals surface area (Å²) in [5.74, 6) is 1.70. The Labute approximate surface area is 113 Å². The minimum absolute atomic E-state index is 0.138. The fraction of sp³-hybridized carbons (Fsp3) is 0.375. The summed E-state index contributed by atoms with van der Waals surface area (Å²) in [6, 6.07) is 6.89. The summed E-state index contributed by atoms with van der Waals surface area (Å²) in [5, 5.41) is 3.30. The van der Waals surface area contributed by atoms with Crippen molar-refractivity contribution in [2.75, 3.05) is 7.05 Å². The second-order valence-corrected chi connectivity index (χ2v) is 4.93. The first-order valence-electron chi connectivity index (χ1n) is 6.51. The van der Waals surface area contributed by atoms with Gasteiger partial charge >= 0.3 is 0 Å². The molecule has 102 valence electrons. The van der Waals surface area contributed by atoms with Gasteiger partial charge in [0, 0.05) is 11.6 Å². The maximum Gasteiger partial charge on any atom is 0.123 e. The van der Waals surface area contributed by atoms with Crippen LogP contribution >= 0.6 is 0 Å². The van der Waals surface area contributed by atoms with E-state index in [1.165, 1.54) is 17.2 Å². The van der Waals surface area contributed by atoms with Crippen LogP contribution in [0.3, 0.4) is 0 Å². The molecule has 1 unspecified atom stereocenters. The van der Waals surface area contributed by atoms with Crippen LogP contribution in [0.25, 0.3) is 0 Å². The minimum Gasteiger partial charge on any atom is -0.466 e. The minimum atomic E-state index is -0.191. The van der Waals surface area contributed by atoms with Crippen molar-refractivity contribution in [1.82, 2.24) is 5.32 Å². The molecule has 0 aliphatic carbocycles. The molecule has 1 heterocycles. The van der Waals surface area contributed by atoms with Crippen molar-refractivity contribution in [2.24, 2.45) is 0 Å². The zero-order valence-electron chi connectivity index (χ0n) is 11.9. The third-order valence-electron chi connectivity index (χ3n) is 3.64. The molecule has 0 bridgehead atoms. The van der Waals surface area contributed by atoms with E-state index in [0.717, 1.165) is 23.5 Å². The summed E-state index contributed by atoms with van der Waals surface area (Å²) >= 11 is 0. The molecule has 1 aromatic carbocycles. The summed E-state index contributed by atoms with van der Waals surface area (Å²) in [5.41, 5.74) is 3.34. The molecule has 0 amide bonds. The van der Waals surface area contributed by atoms with E-state index in [9.17, 15) is 4.39 Å². The van der Waals surface area contributed by atoms with E-state index in [-0.39, 0.29) is 11.9 Å². The summed E-state index contributed by atoms with van der Waals surface area (Å²) in [6.45, 7) is 6.02. The highest BCUT2D eigenvalue weighted by atomic mass is 19.1. The van der Waals surface area contributed by atoms with Crippen LogP contribution in [0.2, 0.25) is 0 Å². The Balaban J connectivity index is 2.30. The predicted octanol–water partition coefficient (Wildman–Crippen LogP) is 3.85. The lowest BCUT2D eigenvalue weighted by Gasteiger charge is -2.17. The Bertz CT molecular complexity index is 574. The lowest BCUT2D eigenvalue weighted by Crippen LogP contribution is -2.20. The second-order valence-electron chi connectivity index (χ2n) is 4.93. The molecule has 3 heteroatoms. The number of furan rings is 1. The number of hydrogen-bond acceptors (Lipinski definition) is 2. The third kappa shape index (κ3) is 2.87. The SMILES string of the molecule is CNC(Cc1cccc(F)c1)c1c(C)oc(C)c1C. The molecule has 1 N–H and O–H groups in total. The van der Waals surface area contributed by atoms with E-state index >= 15 is 0 Å². The van der Waals surface area contributed by atoms with E-state index in [1.54, 1.807) is 12.1 Å². The molecule has 0 fully saturated rings. The van der Waals surface area contributed by atoms with Crippen molar-refractivity contribution in [3.8, 4) is 0 Å². The zero-order valence-corrected chi connectivity index (χ0v) is 11.9. The van der Waals surface area contributed by atoms with Crippen molar-refractivity contribution in [1.29, 1.82) is 0 Å². The summed E-state index contributed by atoms with van der Waals surface area (Å²) in [4.78, 5) is 0. The molecule has 0 saturated carbocycles. The highest BCUT2D eigenvalue weighted by Crippen LogP contribution is 2.29. The van der Waals surface area contributed by atoms with Gasteiger partial charge in [-0.3, -0.25) is 0 Å². The van der Waals surface area contributed by atoms with Crippen molar-refractivity contribution < 1.29 is 8.81 Å². The molecule has 2 aromatic rings. The molecule has 0 aliphatic rings. The molecule has 2 nitrogen and oxygen atoms in total. The van der Waals surface area contributed by atoms with Gasteiger partial charge in [0.05, 0.1) is 0 Å². The summed E-state index contributed by atoms with van der Waals surface area (Å²) < 4.78 is 18.9. The van der Waals surface area contributed by atoms with Crippen LogP contribution in [-0.4, -0.2) is 7.05 Å². The lowest BCUT2D eigenvalue weighted by atomic mass is 9.96. The second kappa shape index (κ2) is 5.57. The molecule has 19 heavy (non-hydrogen) atoms. The third-order valence-corrected chi connectivity index (χ3v) is 3.64. The lowest BCUT2D eigenvalue weighted by molar-refractivity contribution is 0.489. The number of benzene rings is 1. The maximum absolute atomic E-state index is 13.2. The van der Waals surface area contributed by atoms with Crippen LogP contribution in [-0.2, 0) is 6.42 Å². The van der Waals surface area contributed by atoms with Gasteiger partial charge in [-0.1, -0.05) is 12.1 Å². The van der Waals surface area contributed by atoms with Gasteiger partial charge in [-0.15, -0.1) is 0 Å². The van der Waals surface area contributed by atoms with Gasteiger partial charge in [0.15, 0.2) is 0 Å². The van der Waals surface area contributed by atoms with Crippen LogP contribution in [0.15, 0.2) is 28.7 Å². The van der Waals surface area contributed by atoms with Gasteiger partial charge in [0.2, 0.25) is 0 Å². The average molecular weight is 261 g/mol. The summed E-state index contributed by atoms with van der Waals surface area (Å²) in [7, 11) is 1.92. The first-order valence-corrected chi connectivity index (χ1v) is 6.51. The molecule has 2 rings (SSSR count). The van der Waals surface area contributed by atoms with E-state index in [1.807, 2.05) is 27.0 Å². The number of aryl methyl sites for hydroxylation is 2. The largest absolute Gasteiger partial charge is 0.466 e. The van der Waals surface area contributed by atoms with E-state index in [2.05, 4.69) is 12.2 Å². The van der Waals surface area contributed by atoms with Crippen molar-refractivity contribution in [3.05, 3.63) is 58.3 Å². The quantitative estimate of drug-likeness (QED) is 0.904. The van der Waals surface area contributed by atoms with E-state index < -0.39 is 0 Å². The van der Waals surface area contributed by atoms with E-state index in [4.69, 9.17) is 4.42 Å². The number of hydrogen-bond donors (Lipinski definition) is 1. The van der Waals surface area contributed by atoms with Crippen LogP contribution in [0.5, 0.6) is 0 Å². The van der Waals surface area contributed by atoms with Crippen molar-refractivity contribution >= 4 is 0 Å². The van der Waals surface area contributed by atoms with Gasteiger partial charge in [-0.25, -0.2) is 4.39 Å². The first kappa shape index (κ1) is 13.8. The normalized spacial score (nSPS) is 12.7. The summed E-state index contributed by atoms with van der Waals surface area (Å²) in [6.07, 6.45) is 0.745. The van der Waals surface area contributed by atoms with Gasteiger partial charge < -0.3 is 9.73 Å². The fourth-order valence-electron chi connectivity index (χ4n) is 2.57. The first-order chi connectivity index (χ1) is 9.02. The van der Waals surface area contributed by atoms with Crippen LogP contribution in [0.1, 0.15) is 34.3 Å². The number of rotatable bonds is 4. The monoisotopic (exact) mass is 261 g/mol. The Hall–Kier alpha value is -1.61. The Morgan fingerprint density at radius 3 is 2.47 bits per heavy atom. The topological polar surface area (TPSA) is 25.2 Å². The number of halogens is 1. The molecule has 0 aliphatic heterocycles. The molecule has 0 spiro atoms. The molecular formula is C16H20FNO. The van der Waals surface area contributed by atoms with Gasteiger partial charge in [0.1, 0.15) is 17.3 Å². The van der Waals surface area contributed by atoms with E-state index in [0.29, 0.717) is 0 Å². The maximum atomic E-state index is 13.2. The molecular weight excluding hydrogens is 241 g/mol. The van der Waals surface area contributed by atoms with Crippen LogP contribution in [0.4, 0.5) is 4.39 Å². The molecule has 0 saturated heterocycles. The van der Waals surface area contributed by atoms with Gasteiger partial charge in [-0.05, 0) is 57.5 Å². The Morgan fingerprint density at radius 2 is 1.95 bits per heavy atom. The molecule has 1 aromatic heterocycles. The van der Waals surface area contributed by atoms with Crippen molar-refractivity contribution in [3.63, 3.8) is 0 Å². The number of likely N-dealkylation sites (N-methyl/N-ethyl adjacent to an activating group) is 1. The highest BCUT2D eigenvalue weighted by Gasteiger charge is 2.20. The average Bonchev–Trinajstić information content (AvgIpc) is 2.61. The highest BCUT2D eigenvalue weighted by molar-refractivity contribution is 5.35.